The maximum absolute atomic E-state index is 12.9. The summed E-state index contributed by atoms with van der Waals surface area (Å²) in [6.45, 7) is 0. The molecule has 0 aliphatic rings. The third-order valence-corrected chi connectivity index (χ3v) is 6.40. The fourth-order valence-corrected chi connectivity index (χ4v) is 4.26. The van der Waals surface area contributed by atoms with Crippen molar-refractivity contribution in [2.75, 3.05) is 5.32 Å². The second-order valence-corrected chi connectivity index (χ2v) is 9.38. The van der Waals surface area contributed by atoms with Crippen molar-refractivity contribution in [3.63, 3.8) is 0 Å². The van der Waals surface area contributed by atoms with Gasteiger partial charge in [0.05, 0.1) is 4.90 Å². The van der Waals surface area contributed by atoms with Gasteiger partial charge in [-0.15, -0.1) is 0 Å². The molecule has 0 saturated heterocycles. The molecule has 2 N–H and O–H groups in total. The van der Waals surface area contributed by atoms with Gasteiger partial charge in [0.1, 0.15) is 6.04 Å². The van der Waals surface area contributed by atoms with Crippen LogP contribution in [0.2, 0.25) is 5.02 Å². The highest BCUT2D eigenvalue weighted by atomic mass is 79.9. The Morgan fingerprint density at radius 1 is 0.931 bits per heavy atom. The molecule has 5 nitrogen and oxygen atoms in total. The lowest BCUT2D eigenvalue weighted by Crippen LogP contribution is -2.45. The van der Waals surface area contributed by atoms with Gasteiger partial charge in [-0.25, -0.2) is 8.42 Å². The van der Waals surface area contributed by atoms with Gasteiger partial charge >= 0.3 is 0 Å². The predicted octanol–water partition coefficient (Wildman–Crippen LogP) is 4.63. The molecular weight excluding hydrogens is 476 g/mol. The first-order chi connectivity index (χ1) is 13.8. The van der Waals surface area contributed by atoms with E-state index in [0.717, 1.165) is 10.0 Å². The molecule has 0 radical (unpaired) electrons. The Balaban J connectivity index is 1.84. The lowest BCUT2D eigenvalue weighted by atomic mass is 10.1. The number of halogens is 2. The molecule has 1 atom stereocenters. The van der Waals surface area contributed by atoms with Crippen LogP contribution in [-0.2, 0) is 21.2 Å². The minimum atomic E-state index is -3.92. The van der Waals surface area contributed by atoms with E-state index in [0.29, 0.717) is 10.7 Å². The van der Waals surface area contributed by atoms with E-state index >= 15 is 0 Å². The van der Waals surface area contributed by atoms with E-state index in [4.69, 9.17) is 11.6 Å². The summed E-state index contributed by atoms with van der Waals surface area (Å²) in [5, 5.41) is 3.19. The van der Waals surface area contributed by atoms with E-state index < -0.39 is 22.0 Å². The van der Waals surface area contributed by atoms with Crippen LogP contribution in [0.4, 0.5) is 5.69 Å². The number of sulfonamides is 1. The van der Waals surface area contributed by atoms with Gasteiger partial charge < -0.3 is 5.32 Å². The summed E-state index contributed by atoms with van der Waals surface area (Å²) in [6.07, 6.45) is 0.204. The number of carbonyl (C=O) groups excluding carboxylic acids is 1. The molecule has 3 rings (SSSR count). The van der Waals surface area contributed by atoms with Gasteiger partial charge in [-0.3, -0.25) is 4.79 Å². The van der Waals surface area contributed by atoms with E-state index in [1.165, 1.54) is 24.3 Å². The van der Waals surface area contributed by atoms with Crippen LogP contribution in [0, 0.1) is 0 Å². The van der Waals surface area contributed by atoms with Gasteiger partial charge in [-0.2, -0.15) is 4.72 Å². The van der Waals surface area contributed by atoms with Gasteiger partial charge in [0.2, 0.25) is 15.9 Å². The van der Waals surface area contributed by atoms with Gasteiger partial charge in [0.25, 0.3) is 0 Å². The van der Waals surface area contributed by atoms with Crippen LogP contribution >= 0.6 is 27.5 Å². The number of benzene rings is 3. The van der Waals surface area contributed by atoms with E-state index in [2.05, 4.69) is 26.0 Å². The molecule has 0 unspecified atom stereocenters. The molecule has 0 spiro atoms. The third-order valence-electron chi connectivity index (χ3n) is 4.13. The maximum Gasteiger partial charge on any atom is 0.242 e. The third kappa shape index (κ3) is 6.14. The van der Waals surface area contributed by atoms with Crippen LogP contribution in [0.3, 0.4) is 0 Å². The molecule has 0 aliphatic heterocycles. The number of nitrogens with one attached hydrogen (secondary N) is 2. The maximum atomic E-state index is 12.9. The molecule has 0 fully saturated rings. The lowest BCUT2D eigenvalue weighted by molar-refractivity contribution is -0.117. The van der Waals surface area contributed by atoms with Crippen molar-refractivity contribution in [2.24, 2.45) is 0 Å². The average molecular weight is 494 g/mol. The molecular formula is C21H18BrClN2O3S. The number of hydrogen-bond acceptors (Lipinski definition) is 3. The molecule has 0 saturated carbocycles. The first kappa shape index (κ1) is 21.5. The zero-order valence-electron chi connectivity index (χ0n) is 15.2. The SMILES string of the molecule is O=C(Nc1ccc(Br)cc1)[C@@H](Cc1ccccc1)NS(=O)(=O)c1ccc(Cl)cc1. The zero-order chi connectivity index (χ0) is 20.9. The van der Waals surface area contributed by atoms with Crippen LogP contribution in [0.15, 0.2) is 88.2 Å². The van der Waals surface area contributed by atoms with Crippen LogP contribution in [0.25, 0.3) is 0 Å². The number of amides is 1. The topological polar surface area (TPSA) is 75.3 Å². The monoisotopic (exact) mass is 492 g/mol. The fraction of sp³-hybridized carbons (Fsp3) is 0.0952. The van der Waals surface area contributed by atoms with E-state index in [1.54, 1.807) is 24.3 Å². The van der Waals surface area contributed by atoms with Crippen molar-refractivity contribution in [3.05, 3.63) is 93.9 Å². The lowest BCUT2D eigenvalue weighted by Gasteiger charge is -2.19. The molecule has 0 heterocycles. The van der Waals surface area contributed by atoms with Crippen molar-refractivity contribution in [1.82, 2.24) is 4.72 Å². The van der Waals surface area contributed by atoms with Crippen molar-refractivity contribution < 1.29 is 13.2 Å². The second kappa shape index (κ2) is 9.54. The molecule has 8 heteroatoms. The number of anilines is 1. The Morgan fingerprint density at radius 3 is 2.17 bits per heavy atom. The Morgan fingerprint density at radius 2 is 1.55 bits per heavy atom. The second-order valence-electron chi connectivity index (χ2n) is 6.31. The summed E-state index contributed by atoms with van der Waals surface area (Å²) in [7, 11) is -3.92. The highest BCUT2D eigenvalue weighted by Crippen LogP contribution is 2.17. The Hall–Kier alpha value is -2.19. The molecule has 150 valence electrons. The highest BCUT2D eigenvalue weighted by Gasteiger charge is 2.26. The standard InChI is InChI=1S/C21H18BrClN2O3S/c22-16-6-10-18(11-7-16)24-21(26)20(14-15-4-2-1-3-5-15)25-29(27,28)19-12-8-17(23)9-13-19/h1-13,20,25H,14H2,(H,24,26)/t20-/m1/s1. The molecule has 3 aromatic carbocycles. The molecule has 29 heavy (non-hydrogen) atoms. The quantitative estimate of drug-likeness (QED) is 0.504. The van der Waals surface area contributed by atoms with Crippen molar-refractivity contribution >= 4 is 49.1 Å². The Labute approximate surface area is 183 Å². The Bertz CT molecular complexity index is 1070. The number of hydrogen-bond donors (Lipinski definition) is 2. The summed E-state index contributed by atoms with van der Waals surface area (Å²) in [5.41, 5.74) is 1.41. The first-order valence-electron chi connectivity index (χ1n) is 8.72. The van der Waals surface area contributed by atoms with Crippen LogP contribution in [0.1, 0.15) is 5.56 Å². The fourth-order valence-electron chi connectivity index (χ4n) is 2.67. The molecule has 0 bridgehead atoms. The molecule has 0 aromatic heterocycles. The summed E-state index contributed by atoms with van der Waals surface area (Å²) >= 11 is 9.19. The van der Waals surface area contributed by atoms with Gasteiger partial charge in [0, 0.05) is 15.2 Å². The molecule has 0 aliphatic carbocycles. The van der Waals surface area contributed by atoms with Gasteiger partial charge in [0.15, 0.2) is 0 Å². The smallest absolute Gasteiger partial charge is 0.242 e. The number of carbonyl (C=O) groups is 1. The summed E-state index contributed by atoms with van der Waals surface area (Å²) in [6, 6.07) is 21.1. The van der Waals surface area contributed by atoms with Crippen LogP contribution in [0.5, 0.6) is 0 Å². The summed E-state index contributed by atoms with van der Waals surface area (Å²) in [4.78, 5) is 12.9. The predicted molar refractivity (Wildman–Crippen MR) is 118 cm³/mol. The zero-order valence-corrected chi connectivity index (χ0v) is 18.3. The number of rotatable bonds is 7. The minimum Gasteiger partial charge on any atom is -0.325 e. The minimum absolute atomic E-state index is 0.0383. The highest BCUT2D eigenvalue weighted by molar-refractivity contribution is 9.10. The van der Waals surface area contributed by atoms with Gasteiger partial charge in [-0.1, -0.05) is 57.9 Å². The average Bonchev–Trinajstić information content (AvgIpc) is 2.70. The first-order valence-corrected chi connectivity index (χ1v) is 11.4. The largest absolute Gasteiger partial charge is 0.325 e. The van der Waals surface area contributed by atoms with Crippen LogP contribution in [-0.4, -0.2) is 20.4 Å². The summed E-state index contributed by atoms with van der Waals surface area (Å²) in [5.74, 6) is -0.450. The van der Waals surface area contributed by atoms with Crippen molar-refractivity contribution in [3.8, 4) is 0 Å². The van der Waals surface area contributed by atoms with Gasteiger partial charge in [-0.05, 0) is 60.5 Å². The van der Waals surface area contributed by atoms with Crippen molar-refractivity contribution in [2.45, 2.75) is 17.4 Å². The van der Waals surface area contributed by atoms with Crippen LogP contribution < -0.4 is 10.0 Å². The Kier molecular flexibility index (Phi) is 7.08. The summed E-state index contributed by atoms with van der Waals surface area (Å²) < 4.78 is 29.0. The van der Waals surface area contributed by atoms with E-state index in [9.17, 15) is 13.2 Å². The van der Waals surface area contributed by atoms with E-state index in [1.807, 2.05) is 30.3 Å². The van der Waals surface area contributed by atoms with Crippen molar-refractivity contribution in [1.29, 1.82) is 0 Å². The van der Waals surface area contributed by atoms with E-state index in [-0.39, 0.29) is 11.3 Å². The molecule has 3 aromatic rings. The normalized spacial score (nSPS) is 12.3. The molecule has 1 amide bonds.